The lowest BCUT2D eigenvalue weighted by Crippen LogP contribution is -2.15. The highest BCUT2D eigenvalue weighted by Gasteiger charge is 2.19. The number of hydrogen-bond donors (Lipinski definition) is 1. The number of thioether (sulfide) groups is 1. The van der Waals surface area contributed by atoms with Crippen LogP contribution >= 0.6 is 23.1 Å². The van der Waals surface area contributed by atoms with E-state index in [1.807, 2.05) is 61.0 Å². The number of nitrogens with one attached hydrogen (secondary N) is 1. The van der Waals surface area contributed by atoms with Gasteiger partial charge in [0, 0.05) is 34.1 Å². The van der Waals surface area contributed by atoms with E-state index in [2.05, 4.69) is 40.0 Å². The van der Waals surface area contributed by atoms with Crippen molar-refractivity contribution in [2.45, 2.75) is 19.0 Å². The Morgan fingerprint density at radius 3 is 2.57 bits per heavy atom. The molecule has 30 heavy (non-hydrogen) atoms. The topological polar surface area (TPSA) is 59.8 Å². The van der Waals surface area contributed by atoms with Gasteiger partial charge in [-0.05, 0) is 31.0 Å². The number of benzene rings is 2. The van der Waals surface area contributed by atoms with Gasteiger partial charge in [-0.3, -0.25) is 4.79 Å². The van der Waals surface area contributed by atoms with E-state index < -0.39 is 0 Å². The first-order chi connectivity index (χ1) is 14.5. The van der Waals surface area contributed by atoms with E-state index >= 15 is 0 Å². The lowest BCUT2D eigenvalue weighted by Gasteiger charge is -2.08. The summed E-state index contributed by atoms with van der Waals surface area (Å²) in [5.74, 6) is 1.02. The fraction of sp³-hybridized carbons (Fsp3) is 0.174. The van der Waals surface area contributed by atoms with Gasteiger partial charge in [-0.2, -0.15) is 0 Å². The largest absolute Gasteiger partial charge is 0.325 e. The summed E-state index contributed by atoms with van der Waals surface area (Å²) in [5, 5.41) is 14.6. The van der Waals surface area contributed by atoms with E-state index in [0.29, 0.717) is 5.16 Å². The number of thiophene rings is 1. The number of anilines is 1. The van der Waals surface area contributed by atoms with Gasteiger partial charge in [0.1, 0.15) is 0 Å². The minimum Gasteiger partial charge on any atom is -0.325 e. The van der Waals surface area contributed by atoms with E-state index in [1.165, 1.54) is 27.8 Å². The molecule has 5 nitrogen and oxygen atoms in total. The SMILES string of the molecule is Cc1ccccc1NC(=O)CSc1nnc(-c2csc(C)c2-c2ccccc2)n1C. The van der Waals surface area contributed by atoms with Crippen LogP contribution in [0.4, 0.5) is 5.69 Å². The van der Waals surface area contributed by atoms with Gasteiger partial charge >= 0.3 is 0 Å². The van der Waals surface area contributed by atoms with Gasteiger partial charge in [-0.1, -0.05) is 60.3 Å². The fourth-order valence-corrected chi connectivity index (χ4v) is 4.86. The number of amides is 1. The Bertz CT molecular complexity index is 1180. The van der Waals surface area contributed by atoms with Crippen molar-refractivity contribution in [2.24, 2.45) is 7.05 Å². The molecule has 0 radical (unpaired) electrons. The maximum atomic E-state index is 12.4. The quantitative estimate of drug-likeness (QED) is 0.404. The normalized spacial score (nSPS) is 10.9. The second-order valence-electron chi connectivity index (χ2n) is 6.96. The molecule has 0 spiro atoms. The van der Waals surface area contributed by atoms with Crippen molar-refractivity contribution in [1.82, 2.24) is 14.8 Å². The standard InChI is InChI=1S/C23H22N4OS2/c1-15-9-7-8-12-19(15)24-20(28)14-30-23-26-25-22(27(23)3)18-13-29-16(2)21(18)17-10-5-4-6-11-17/h4-13H,14H2,1-3H3,(H,24,28). The average Bonchev–Trinajstić information content (AvgIpc) is 3.31. The Morgan fingerprint density at radius 1 is 1.07 bits per heavy atom. The molecule has 0 bridgehead atoms. The molecule has 0 aliphatic rings. The van der Waals surface area contributed by atoms with Crippen molar-refractivity contribution in [3.8, 4) is 22.5 Å². The highest BCUT2D eigenvalue weighted by Crippen LogP contribution is 2.38. The van der Waals surface area contributed by atoms with Crippen molar-refractivity contribution in [1.29, 1.82) is 0 Å². The van der Waals surface area contributed by atoms with Gasteiger partial charge in [-0.15, -0.1) is 21.5 Å². The molecular formula is C23H22N4OS2. The van der Waals surface area contributed by atoms with Gasteiger partial charge in [-0.25, -0.2) is 0 Å². The predicted octanol–water partition coefficient (Wildman–Crippen LogP) is 5.56. The molecule has 4 rings (SSSR count). The van der Waals surface area contributed by atoms with Crippen molar-refractivity contribution in [3.63, 3.8) is 0 Å². The van der Waals surface area contributed by atoms with Crippen LogP contribution in [-0.4, -0.2) is 26.4 Å². The van der Waals surface area contributed by atoms with Gasteiger partial charge < -0.3 is 9.88 Å². The van der Waals surface area contributed by atoms with Crippen LogP contribution in [0.15, 0.2) is 65.1 Å². The van der Waals surface area contributed by atoms with Crippen LogP contribution in [0.2, 0.25) is 0 Å². The number of carbonyl (C=O) groups is 1. The van der Waals surface area contributed by atoms with Crippen molar-refractivity contribution in [3.05, 3.63) is 70.4 Å². The van der Waals surface area contributed by atoms with E-state index in [0.717, 1.165) is 22.6 Å². The summed E-state index contributed by atoms with van der Waals surface area (Å²) in [4.78, 5) is 13.6. The average molecular weight is 435 g/mol. The molecule has 152 valence electrons. The number of aryl methyl sites for hydroxylation is 2. The first kappa shape index (κ1) is 20.4. The number of hydrogen-bond acceptors (Lipinski definition) is 5. The Morgan fingerprint density at radius 2 is 1.80 bits per heavy atom. The fourth-order valence-electron chi connectivity index (χ4n) is 3.29. The van der Waals surface area contributed by atoms with Gasteiger partial charge in [0.05, 0.1) is 5.75 Å². The zero-order valence-electron chi connectivity index (χ0n) is 17.0. The zero-order chi connectivity index (χ0) is 21.1. The van der Waals surface area contributed by atoms with Gasteiger partial charge in [0.2, 0.25) is 5.91 Å². The molecular weight excluding hydrogens is 412 g/mol. The summed E-state index contributed by atoms with van der Waals surface area (Å²) < 4.78 is 1.96. The minimum absolute atomic E-state index is 0.0600. The lowest BCUT2D eigenvalue weighted by atomic mass is 10.0. The molecule has 2 heterocycles. The molecule has 0 saturated heterocycles. The first-order valence-electron chi connectivity index (χ1n) is 9.56. The zero-order valence-corrected chi connectivity index (χ0v) is 18.7. The monoisotopic (exact) mass is 434 g/mol. The number of nitrogens with zero attached hydrogens (tertiary/aromatic N) is 3. The third kappa shape index (κ3) is 4.17. The number of carbonyl (C=O) groups excluding carboxylic acids is 1. The minimum atomic E-state index is -0.0600. The lowest BCUT2D eigenvalue weighted by molar-refractivity contribution is -0.113. The molecule has 7 heteroatoms. The van der Waals surface area contributed by atoms with Crippen molar-refractivity contribution < 1.29 is 4.79 Å². The number of rotatable bonds is 6. The van der Waals surface area contributed by atoms with E-state index in [9.17, 15) is 4.79 Å². The Hall–Kier alpha value is -2.90. The van der Waals surface area contributed by atoms with Gasteiger partial charge in [0.25, 0.3) is 0 Å². The maximum Gasteiger partial charge on any atom is 0.234 e. The second kappa shape index (κ2) is 8.85. The van der Waals surface area contributed by atoms with Crippen LogP contribution in [-0.2, 0) is 11.8 Å². The molecule has 0 saturated carbocycles. The van der Waals surface area contributed by atoms with Crippen LogP contribution in [0, 0.1) is 13.8 Å². The summed E-state index contributed by atoms with van der Waals surface area (Å²) in [6, 6.07) is 18.1. The molecule has 2 aromatic carbocycles. The Labute approximate surface area is 184 Å². The molecule has 0 atom stereocenters. The molecule has 2 aromatic heterocycles. The van der Waals surface area contributed by atoms with Crippen LogP contribution in [0.5, 0.6) is 0 Å². The molecule has 1 amide bonds. The van der Waals surface area contributed by atoms with Gasteiger partial charge in [0.15, 0.2) is 11.0 Å². The summed E-state index contributed by atoms with van der Waals surface area (Å²) >= 11 is 3.09. The Balaban J connectivity index is 1.52. The maximum absolute atomic E-state index is 12.4. The summed E-state index contributed by atoms with van der Waals surface area (Å²) in [7, 11) is 1.94. The van der Waals surface area contributed by atoms with Crippen LogP contribution in [0.1, 0.15) is 10.4 Å². The smallest absolute Gasteiger partial charge is 0.234 e. The highest BCUT2D eigenvalue weighted by atomic mass is 32.2. The summed E-state index contributed by atoms with van der Waals surface area (Å²) in [6.45, 7) is 4.10. The van der Waals surface area contributed by atoms with Crippen LogP contribution < -0.4 is 5.32 Å². The first-order valence-corrected chi connectivity index (χ1v) is 11.4. The van der Waals surface area contributed by atoms with E-state index in [4.69, 9.17) is 0 Å². The van der Waals surface area contributed by atoms with E-state index in [1.54, 1.807) is 11.3 Å². The van der Waals surface area contributed by atoms with E-state index in [-0.39, 0.29) is 11.7 Å². The van der Waals surface area contributed by atoms with Crippen molar-refractivity contribution in [2.75, 3.05) is 11.1 Å². The summed E-state index contributed by atoms with van der Waals surface area (Å²) in [6.07, 6.45) is 0. The molecule has 1 N–H and O–H groups in total. The molecule has 0 aliphatic heterocycles. The molecule has 0 unspecified atom stereocenters. The van der Waals surface area contributed by atoms with Crippen LogP contribution in [0.3, 0.4) is 0 Å². The molecule has 4 aromatic rings. The number of aromatic nitrogens is 3. The molecule has 0 fully saturated rings. The predicted molar refractivity (Wildman–Crippen MR) is 125 cm³/mol. The Kier molecular flexibility index (Phi) is 6.01. The number of para-hydroxylation sites is 1. The highest BCUT2D eigenvalue weighted by molar-refractivity contribution is 7.99. The van der Waals surface area contributed by atoms with Crippen molar-refractivity contribution >= 4 is 34.7 Å². The second-order valence-corrected chi connectivity index (χ2v) is 8.99. The van der Waals surface area contributed by atoms with Crippen LogP contribution in [0.25, 0.3) is 22.5 Å². The molecule has 0 aliphatic carbocycles. The third-order valence-electron chi connectivity index (χ3n) is 4.86. The third-order valence-corrected chi connectivity index (χ3v) is 6.80. The summed E-state index contributed by atoms with van der Waals surface area (Å²) in [5.41, 5.74) is 5.29.